The van der Waals surface area contributed by atoms with E-state index in [-0.39, 0.29) is 0 Å². The van der Waals surface area contributed by atoms with E-state index >= 15 is 0 Å². The van der Waals surface area contributed by atoms with Crippen molar-refractivity contribution in [2.24, 2.45) is 0 Å². The average molecular weight is 192 g/mol. The Morgan fingerprint density at radius 1 is 1.07 bits per heavy atom. The second-order valence-electron chi connectivity index (χ2n) is 4.35. The lowest BCUT2D eigenvalue weighted by molar-refractivity contribution is -0.125. The number of hydrogen-bond acceptors (Lipinski definition) is 2. The molecular weight excluding hydrogens is 176 g/mol. The predicted molar refractivity (Wildman–Crippen MR) is 54.8 cm³/mol. The van der Waals surface area contributed by atoms with Crippen LogP contribution in [0.5, 0.6) is 0 Å². The minimum atomic E-state index is -1.06. The zero-order chi connectivity index (χ0) is 10.2. The van der Waals surface area contributed by atoms with Gasteiger partial charge in [-0.05, 0) is 31.7 Å². The van der Waals surface area contributed by atoms with Gasteiger partial charge in [0.25, 0.3) is 0 Å². The molecule has 0 radical (unpaired) electrons. The first-order valence-corrected chi connectivity index (χ1v) is 5.07. The molecule has 1 aliphatic carbocycles. The van der Waals surface area contributed by atoms with Crippen molar-refractivity contribution in [2.75, 3.05) is 0 Å². The van der Waals surface area contributed by atoms with Crippen LogP contribution < -0.4 is 0 Å². The molecule has 0 amide bonds. The first-order chi connectivity index (χ1) is 6.56. The van der Waals surface area contributed by atoms with E-state index in [2.05, 4.69) is 0 Å². The van der Waals surface area contributed by atoms with Gasteiger partial charge >= 0.3 is 0 Å². The molecule has 1 fully saturated rings. The Morgan fingerprint density at radius 2 is 1.71 bits per heavy atom. The molecule has 1 aromatic carbocycles. The summed E-state index contributed by atoms with van der Waals surface area (Å²) >= 11 is 0. The molecule has 76 valence electrons. The first-order valence-electron chi connectivity index (χ1n) is 5.07. The van der Waals surface area contributed by atoms with Gasteiger partial charge in [0.15, 0.2) is 0 Å². The van der Waals surface area contributed by atoms with Crippen LogP contribution >= 0.6 is 0 Å². The van der Waals surface area contributed by atoms with E-state index in [1.54, 1.807) is 6.92 Å². The maximum atomic E-state index is 10.4. The summed E-state index contributed by atoms with van der Waals surface area (Å²) in [6.45, 7) is 1.72. The summed E-state index contributed by atoms with van der Waals surface area (Å²) in [5, 5.41) is 20.6. The van der Waals surface area contributed by atoms with Crippen LogP contribution in [-0.4, -0.2) is 15.8 Å². The standard InChI is InChI=1S/C12H16O2/c1-11(13)8-5-9-12(11,14)10-6-3-2-4-7-10/h2-4,6-7,13-14H,5,8-9H2,1H3/t11-,12+/m0/s1. The Morgan fingerprint density at radius 3 is 2.21 bits per heavy atom. The molecule has 1 saturated carbocycles. The van der Waals surface area contributed by atoms with E-state index in [4.69, 9.17) is 0 Å². The van der Waals surface area contributed by atoms with Gasteiger partial charge in [-0.15, -0.1) is 0 Å². The maximum absolute atomic E-state index is 10.4. The van der Waals surface area contributed by atoms with Gasteiger partial charge in [0.05, 0.1) is 5.60 Å². The van der Waals surface area contributed by atoms with Gasteiger partial charge in [0.2, 0.25) is 0 Å². The Balaban J connectivity index is 2.42. The van der Waals surface area contributed by atoms with Gasteiger partial charge in [-0.25, -0.2) is 0 Å². The van der Waals surface area contributed by atoms with Gasteiger partial charge in [-0.3, -0.25) is 0 Å². The Bertz CT molecular complexity index is 318. The summed E-state index contributed by atoms with van der Waals surface area (Å²) < 4.78 is 0. The van der Waals surface area contributed by atoms with Crippen molar-refractivity contribution in [2.45, 2.75) is 37.4 Å². The molecule has 0 heterocycles. The minimum absolute atomic E-state index is 0.643. The van der Waals surface area contributed by atoms with Crippen LogP contribution in [0.1, 0.15) is 31.7 Å². The van der Waals surface area contributed by atoms with E-state index in [1.165, 1.54) is 0 Å². The molecule has 0 aromatic heterocycles. The van der Waals surface area contributed by atoms with Crippen molar-refractivity contribution >= 4 is 0 Å². The summed E-state index contributed by atoms with van der Waals surface area (Å²) in [4.78, 5) is 0. The van der Waals surface area contributed by atoms with Crippen LogP contribution in [0.15, 0.2) is 30.3 Å². The van der Waals surface area contributed by atoms with Crippen molar-refractivity contribution in [3.05, 3.63) is 35.9 Å². The van der Waals surface area contributed by atoms with Gasteiger partial charge in [0, 0.05) is 0 Å². The topological polar surface area (TPSA) is 40.5 Å². The monoisotopic (exact) mass is 192 g/mol. The second-order valence-corrected chi connectivity index (χ2v) is 4.35. The van der Waals surface area contributed by atoms with Crippen LogP contribution in [0.3, 0.4) is 0 Å². The highest BCUT2D eigenvalue weighted by atomic mass is 16.4. The Hall–Kier alpha value is -0.860. The molecule has 0 unspecified atom stereocenters. The normalized spacial score (nSPS) is 37.4. The molecule has 0 bridgehead atoms. The van der Waals surface area contributed by atoms with Crippen LogP contribution in [0.2, 0.25) is 0 Å². The van der Waals surface area contributed by atoms with Crippen LogP contribution in [0.4, 0.5) is 0 Å². The third-order valence-electron chi connectivity index (χ3n) is 3.34. The first kappa shape index (κ1) is 9.69. The molecule has 2 atom stereocenters. The van der Waals surface area contributed by atoms with Crippen molar-refractivity contribution in [3.8, 4) is 0 Å². The fourth-order valence-electron chi connectivity index (χ4n) is 2.33. The zero-order valence-corrected chi connectivity index (χ0v) is 8.40. The second kappa shape index (κ2) is 3.07. The van der Waals surface area contributed by atoms with Crippen LogP contribution in [0.25, 0.3) is 0 Å². The molecule has 0 saturated heterocycles. The third-order valence-corrected chi connectivity index (χ3v) is 3.34. The predicted octanol–water partition coefficient (Wildman–Crippen LogP) is 1.81. The number of hydrogen-bond donors (Lipinski definition) is 2. The highest BCUT2D eigenvalue weighted by Gasteiger charge is 2.50. The van der Waals surface area contributed by atoms with Crippen molar-refractivity contribution in [1.29, 1.82) is 0 Å². The molecule has 1 aliphatic rings. The molecule has 2 nitrogen and oxygen atoms in total. The minimum Gasteiger partial charge on any atom is -0.387 e. The van der Waals surface area contributed by atoms with Gasteiger partial charge in [0.1, 0.15) is 5.60 Å². The van der Waals surface area contributed by atoms with Gasteiger partial charge < -0.3 is 10.2 Å². The molecule has 2 N–H and O–H groups in total. The molecule has 1 aromatic rings. The quantitative estimate of drug-likeness (QED) is 0.712. The molecule has 14 heavy (non-hydrogen) atoms. The fourth-order valence-corrected chi connectivity index (χ4v) is 2.33. The van der Waals surface area contributed by atoms with Gasteiger partial charge in [-0.2, -0.15) is 0 Å². The fraction of sp³-hybridized carbons (Fsp3) is 0.500. The number of benzene rings is 1. The van der Waals surface area contributed by atoms with E-state index in [1.807, 2.05) is 30.3 Å². The highest BCUT2D eigenvalue weighted by molar-refractivity contribution is 5.27. The van der Waals surface area contributed by atoms with E-state index in [9.17, 15) is 10.2 Å². The van der Waals surface area contributed by atoms with Gasteiger partial charge in [-0.1, -0.05) is 30.3 Å². The highest BCUT2D eigenvalue weighted by Crippen LogP contribution is 2.45. The summed E-state index contributed by atoms with van der Waals surface area (Å²) in [5.41, 5.74) is -1.23. The van der Waals surface area contributed by atoms with E-state index in [0.717, 1.165) is 12.0 Å². The largest absolute Gasteiger partial charge is 0.387 e. The SMILES string of the molecule is C[C@]1(O)CCC[C@@]1(O)c1ccccc1. The Labute approximate surface area is 84.2 Å². The Kier molecular flexibility index (Phi) is 2.13. The summed E-state index contributed by atoms with van der Waals surface area (Å²) in [6.07, 6.45) is 2.18. The number of rotatable bonds is 1. The van der Waals surface area contributed by atoms with Crippen LogP contribution in [0, 0.1) is 0 Å². The van der Waals surface area contributed by atoms with Crippen molar-refractivity contribution in [3.63, 3.8) is 0 Å². The molecule has 2 rings (SSSR count). The average Bonchev–Trinajstić information content (AvgIpc) is 2.44. The third kappa shape index (κ3) is 1.26. The molecule has 0 aliphatic heterocycles. The number of aliphatic hydroxyl groups is 2. The lowest BCUT2D eigenvalue weighted by Gasteiger charge is -2.35. The zero-order valence-electron chi connectivity index (χ0n) is 8.40. The molecule has 0 spiro atoms. The molecule has 2 heteroatoms. The smallest absolute Gasteiger partial charge is 0.118 e. The van der Waals surface area contributed by atoms with E-state index < -0.39 is 11.2 Å². The summed E-state index contributed by atoms with van der Waals surface area (Å²) in [5.74, 6) is 0. The van der Waals surface area contributed by atoms with Crippen molar-refractivity contribution < 1.29 is 10.2 Å². The summed E-state index contributed by atoms with van der Waals surface area (Å²) in [7, 11) is 0. The van der Waals surface area contributed by atoms with E-state index in [0.29, 0.717) is 12.8 Å². The lowest BCUT2D eigenvalue weighted by Crippen LogP contribution is -2.44. The van der Waals surface area contributed by atoms with Crippen molar-refractivity contribution in [1.82, 2.24) is 0 Å². The molecular formula is C12H16O2. The summed E-state index contributed by atoms with van der Waals surface area (Å²) in [6, 6.07) is 9.44. The lowest BCUT2D eigenvalue weighted by atomic mass is 9.81. The van der Waals surface area contributed by atoms with Crippen LogP contribution in [-0.2, 0) is 5.60 Å². The maximum Gasteiger partial charge on any atom is 0.118 e.